The first kappa shape index (κ1) is 14.5. The predicted molar refractivity (Wildman–Crippen MR) is 56.4 cm³/mol. The summed E-state index contributed by atoms with van der Waals surface area (Å²) in [5.41, 5.74) is 0. The Morgan fingerprint density at radius 2 is 1.78 bits per heavy atom. The molecule has 1 N–H and O–H groups in total. The number of sulfonamides is 1. The molecule has 0 unspecified atom stereocenters. The van der Waals surface area contributed by atoms with Gasteiger partial charge in [0.1, 0.15) is 17.5 Å². The number of nitrogens with one attached hydrogen (secondary N) is 1. The zero-order valence-corrected chi connectivity index (χ0v) is 9.90. The highest BCUT2D eigenvalue weighted by Gasteiger charge is 2.24. The van der Waals surface area contributed by atoms with Crippen LogP contribution in [0.2, 0.25) is 0 Å². The molecule has 0 saturated carbocycles. The molecule has 0 aliphatic rings. The van der Waals surface area contributed by atoms with Crippen LogP contribution in [0.15, 0.2) is 17.0 Å². The van der Waals surface area contributed by atoms with Gasteiger partial charge in [-0.15, -0.1) is 0 Å². The first-order valence-corrected chi connectivity index (χ1v) is 6.38. The normalized spacial score (nSPS) is 11.2. The number of hydrogen-bond acceptors (Lipinski definition) is 3. The van der Waals surface area contributed by atoms with E-state index < -0.39 is 32.4 Å². The fraction of sp³-hybridized carbons (Fsp3) is 0.300. The summed E-state index contributed by atoms with van der Waals surface area (Å²) < 4.78 is 64.1. The van der Waals surface area contributed by atoms with Crippen LogP contribution in [0.5, 0.6) is 0 Å². The van der Waals surface area contributed by atoms with Crippen molar-refractivity contribution in [3.05, 3.63) is 29.6 Å². The molecule has 0 aliphatic heterocycles. The molecule has 0 spiro atoms. The molecule has 18 heavy (non-hydrogen) atoms. The van der Waals surface area contributed by atoms with Crippen molar-refractivity contribution in [1.82, 2.24) is 4.72 Å². The molecule has 98 valence electrons. The number of hydrogen-bond donors (Lipinski definition) is 1. The van der Waals surface area contributed by atoms with Crippen molar-refractivity contribution >= 4 is 10.0 Å². The molecule has 0 amide bonds. The first-order chi connectivity index (χ1) is 8.38. The average Bonchev–Trinajstić information content (AvgIpc) is 2.22. The summed E-state index contributed by atoms with van der Waals surface area (Å²) in [5.74, 6) is -4.20. The third kappa shape index (κ3) is 3.45. The molecule has 0 bridgehead atoms. The monoisotopic (exact) mass is 278 g/mol. The Balaban J connectivity index is 2.96. The Hall–Kier alpha value is -1.59. The van der Waals surface area contributed by atoms with Crippen molar-refractivity contribution < 1.29 is 21.6 Å². The van der Waals surface area contributed by atoms with Crippen LogP contribution in [0.3, 0.4) is 0 Å². The Labute approximate surface area is 102 Å². The van der Waals surface area contributed by atoms with E-state index in [9.17, 15) is 21.6 Å². The minimum absolute atomic E-state index is 0.108. The highest BCUT2D eigenvalue weighted by molar-refractivity contribution is 7.89. The maximum Gasteiger partial charge on any atom is 0.246 e. The number of benzene rings is 1. The summed E-state index contributed by atoms with van der Waals surface area (Å²) in [7, 11) is -4.39. The van der Waals surface area contributed by atoms with Gasteiger partial charge in [-0.2, -0.15) is 5.26 Å². The fourth-order valence-corrected chi connectivity index (χ4v) is 2.42. The third-order valence-corrected chi connectivity index (χ3v) is 3.50. The van der Waals surface area contributed by atoms with E-state index in [0.717, 1.165) is 0 Å². The molecule has 0 fully saturated rings. The van der Waals surface area contributed by atoms with E-state index in [-0.39, 0.29) is 31.5 Å². The SMILES string of the molecule is N#CCCCNS(=O)(=O)c1c(F)cc(F)cc1F. The lowest BCUT2D eigenvalue weighted by molar-refractivity contribution is 0.493. The minimum atomic E-state index is -4.39. The third-order valence-electron chi connectivity index (χ3n) is 1.99. The van der Waals surface area contributed by atoms with Crippen molar-refractivity contribution in [2.75, 3.05) is 6.54 Å². The summed E-state index contributed by atoms with van der Waals surface area (Å²) in [6.07, 6.45) is 0.317. The summed E-state index contributed by atoms with van der Waals surface area (Å²) in [6.45, 7) is -0.133. The van der Waals surface area contributed by atoms with E-state index in [4.69, 9.17) is 5.26 Å². The number of rotatable bonds is 5. The summed E-state index contributed by atoms with van der Waals surface area (Å²) in [5, 5.41) is 8.24. The van der Waals surface area contributed by atoms with Crippen LogP contribution in [-0.2, 0) is 10.0 Å². The molecule has 1 aromatic carbocycles. The first-order valence-electron chi connectivity index (χ1n) is 4.89. The van der Waals surface area contributed by atoms with E-state index in [1.807, 2.05) is 4.72 Å². The molecule has 0 atom stereocenters. The molecule has 1 aromatic rings. The van der Waals surface area contributed by atoms with Gasteiger partial charge in [-0.05, 0) is 6.42 Å². The second kappa shape index (κ2) is 5.84. The molecule has 0 aromatic heterocycles. The summed E-state index contributed by atoms with van der Waals surface area (Å²) in [6, 6.07) is 2.36. The molecule has 0 aliphatic carbocycles. The van der Waals surface area contributed by atoms with Crippen LogP contribution >= 0.6 is 0 Å². The second-order valence-corrected chi connectivity index (χ2v) is 5.06. The van der Waals surface area contributed by atoms with Crippen LogP contribution in [0.1, 0.15) is 12.8 Å². The van der Waals surface area contributed by atoms with Crippen molar-refractivity contribution in [2.45, 2.75) is 17.7 Å². The van der Waals surface area contributed by atoms with E-state index in [2.05, 4.69) is 0 Å². The minimum Gasteiger partial charge on any atom is -0.211 e. The highest BCUT2D eigenvalue weighted by atomic mass is 32.2. The molecule has 8 heteroatoms. The molecular weight excluding hydrogens is 269 g/mol. The quantitative estimate of drug-likeness (QED) is 0.833. The standard InChI is InChI=1S/C10H9F3N2O2S/c11-7-5-8(12)10(9(13)6-7)18(16,17)15-4-2-1-3-14/h5-6,15H,1-2,4H2. The van der Waals surface area contributed by atoms with E-state index >= 15 is 0 Å². The van der Waals surface area contributed by atoms with E-state index in [1.165, 1.54) is 0 Å². The summed E-state index contributed by atoms with van der Waals surface area (Å²) >= 11 is 0. The van der Waals surface area contributed by atoms with E-state index in [1.54, 1.807) is 6.07 Å². The van der Waals surface area contributed by atoms with Gasteiger partial charge in [0.2, 0.25) is 10.0 Å². The number of unbranched alkanes of at least 4 members (excludes halogenated alkanes) is 1. The van der Waals surface area contributed by atoms with Gasteiger partial charge < -0.3 is 0 Å². The zero-order valence-electron chi connectivity index (χ0n) is 9.08. The Morgan fingerprint density at radius 3 is 2.28 bits per heavy atom. The van der Waals surface area contributed by atoms with E-state index in [0.29, 0.717) is 0 Å². The lowest BCUT2D eigenvalue weighted by Gasteiger charge is -2.07. The van der Waals surface area contributed by atoms with Gasteiger partial charge in [0.15, 0.2) is 4.90 Å². The molecule has 0 radical (unpaired) electrons. The lowest BCUT2D eigenvalue weighted by Crippen LogP contribution is -2.26. The smallest absolute Gasteiger partial charge is 0.211 e. The maximum absolute atomic E-state index is 13.2. The summed E-state index contributed by atoms with van der Waals surface area (Å²) in [4.78, 5) is -1.22. The van der Waals surface area contributed by atoms with Gasteiger partial charge in [-0.1, -0.05) is 0 Å². The Bertz CT molecular complexity index is 558. The van der Waals surface area contributed by atoms with Gasteiger partial charge in [0.05, 0.1) is 6.07 Å². The average molecular weight is 278 g/mol. The van der Waals surface area contributed by atoms with Crippen LogP contribution in [0.4, 0.5) is 13.2 Å². The van der Waals surface area contributed by atoms with Gasteiger partial charge in [-0.3, -0.25) is 0 Å². The molecular formula is C10H9F3N2O2S. The number of nitrogens with zero attached hydrogens (tertiary/aromatic N) is 1. The maximum atomic E-state index is 13.2. The van der Waals surface area contributed by atoms with Crippen LogP contribution in [-0.4, -0.2) is 15.0 Å². The Kier molecular flexibility index (Phi) is 4.69. The van der Waals surface area contributed by atoms with Crippen molar-refractivity contribution in [1.29, 1.82) is 5.26 Å². The van der Waals surface area contributed by atoms with Crippen LogP contribution < -0.4 is 4.72 Å². The molecule has 1 rings (SSSR count). The Morgan fingerprint density at radius 1 is 1.22 bits per heavy atom. The number of halogens is 3. The zero-order chi connectivity index (χ0) is 13.8. The number of nitriles is 1. The topological polar surface area (TPSA) is 70.0 Å². The van der Waals surface area contributed by atoms with Crippen molar-refractivity contribution in [2.24, 2.45) is 0 Å². The largest absolute Gasteiger partial charge is 0.246 e. The van der Waals surface area contributed by atoms with Gasteiger partial charge >= 0.3 is 0 Å². The van der Waals surface area contributed by atoms with Crippen molar-refractivity contribution in [3.63, 3.8) is 0 Å². The van der Waals surface area contributed by atoms with Gasteiger partial charge in [-0.25, -0.2) is 26.3 Å². The highest BCUT2D eigenvalue weighted by Crippen LogP contribution is 2.19. The second-order valence-electron chi connectivity index (χ2n) is 3.36. The van der Waals surface area contributed by atoms with Crippen LogP contribution in [0, 0.1) is 28.8 Å². The van der Waals surface area contributed by atoms with Gasteiger partial charge in [0, 0.05) is 25.1 Å². The fourth-order valence-electron chi connectivity index (χ4n) is 1.23. The van der Waals surface area contributed by atoms with Crippen LogP contribution in [0.25, 0.3) is 0 Å². The lowest BCUT2D eigenvalue weighted by atomic mass is 10.3. The van der Waals surface area contributed by atoms with Crippen molar-refractivity contribution in [3.8, 4) is 6.07 Å². The molecule has 4 nitrogen and oxygen atoms in total. The van der Waals surface area contributed by atoms with Gasteiger partial charge in [0.25, 0.3) is 0 Å². The molecule has 0 heterocycles. The predicted octanol–water partition coefficient (Wildman–Crippen LogP) is 1.69. The molecule has 0 saturated heterocycles.